The second-order valence-corrected chi connectivity index (χ2v) is 6.07. The van der Waals surface area contributed by atoms with Crippen molar-refractivity contribution < 1.29 is 13.6 Å². The molecule has 0 atom stereocenters. The Morgan fingerprint density at radius 2 is 2.00 bits per heavy atom. The molecule has 1 aliphatic heterocycles. The largest absolute Gasteiger partial charge is 0.427 e. The van der Waals surface area contributed by atoms with Crippen LogP contribution in [0.5, 0.6) is 5.75 Å². The van der Waals surface area contributed by atoms with Gasteiger partial charge in [-0.25, -0.2) is 0 Å². The number of rotatable bonds is 2. The summed E-state index contributed by atoms with van der Waals surface area (Å²) in [5.41, 5.74) is 0.0660. The van der Waals surface area contributed by atoms with Crippen LogP contribution in [0.2, 0.25) is 5.02 Å². The summed E-state index contributed by atoms with van der Waals surface area (Å²) in [6.07, 6.45) is 0. The highest BCUT2D eigenvalue weighted by molar-refractivity contribution is 7.42. The fourth-order valence-corrected chi connectivity index (χ4v) is 2.75. The van der Waals surface area contributed by atoms with Gasteiger partial charge in [0.1, 0.15) is 5.75 Å². The molecule has 1 heterocycles. The molecule has 2 rings (SSSR count). The molecule has 0 N–H and O–H groups in total. The molecule has 1 aliphatic rings. The normalized spacial score (nSPS) is 20.7. The SMILES string of the molecule is CC1(C)COP(Oc2cccc(Cl)c2)OC1. The summed E-state index contributed by atoms with van der Waals surface area (Å²) in [6, 6.07) is 7.21. The molecule has 5 heteroatoms. The van der Waals surface area contributed by atoms with E-state index in [1.54, 1.807) is 12.1 Å². The minimum Gasteiger partial charge on any atom is -0.427 e. The van der Waals surface area contributed by atoms with E-state index >= 15 is 0 Å². The summed E-state index contributed by atoms with van der Waals surface area (Å²) in [7, 11) is -1.28. The first-order valence-electron chi connectivity index (χ1n) is 5.05. The Kier molecular flexibility index (Phi) is 3.70. The average molecular weight is 261 g/mol. The molecule has 0 spiro atoms. The molecule has 0 unspecified atom stereocenters. The van der Waals surface area contributed by atoms with Gasteiger partial charge in [-0.3, -0.25) is 0 Å². The van der Waals surface area contributed by atoms with Crippen molar-refractivity contribution in [2.24, 2.45) is 5.41 Å². The number of benzene rings is 1. The lowest BCUT2D eigenvalue weighted by Gasteiger charge is -2.32. The summed E-state index contributed by atoms with van der Waals surface area (Å²) in [5, 5.41) is 0.643. The molecule has 0 aliphatic carbocycles. The van der Waals surface area contributed by atoms with E-state index < -0.39 is 8.60 Å². The Bertz CT molecular complexity index is 360. The van der Waals surface area contributed by atoms with Gasteiger partial charge in [0.05, 0.1) is 13.2 Å². The first kappa shape index (κ1) is 12.1. The van der Waals surface area contributed by atoms with E-state index in [1.807, 2.05) is 12.1 Å². The molecule has 0 amide bonds. The van der Waals surface area contributed by atoms with E-state index in [9.17, 15) is 0 Å². The molecular formula is C11H14ClO3P. The monoisotopic (exact) mass is 260 g/mol. The van der Waals surface area contributed by atoms with Crippen molar-refractivity contribution in [1.82, 2.24) is 0 Å². The standard InChI is InChI=1S/C11H14ClO3P/c1-11(2)7-13-16(14-8-11)15-10-5-3-4-9(12)6-10/h3-6H,7-8H2,1-2H3. The second kappa shape index (κ2) is 4.89. The van der Waals surface area contributed by atoms with Gasteiger partial charge in [-0.05, 0) is 18.2 Å². The van der Waals surface area contributed by atoms with Crippen LogP contribution < -0.4 is 4.52 Å². The lowest BCUT2D eigenvalue weighted by Crippen LogP contribution is -2.28. The Labute approximate surface area is 102 Å². The fraction of sp³-hybridized carbons (Fsp3) is 0.455. The van der Waals surface area contributed by atoms with Crippen molar-refractivity contribution >= 4 is 20.2 Å². The Morgan fingerprint density at radius 1 is 1.31 bits per heavy atom. The van der Waals surface area contributed by atoms with Crippen LogP contribution in [0.4, 0.5) is 0 Å². The van der Waals surface area contributed by atoms with Crippen molar-refractivity contribution in [2.45, 2.75) is 13.8 Å². The molecule has 1 aromatic carbocycles. The van der Waals surface area contributed by atoms with E-state index in [2.05, 4.69) is 13.8 Å². The molecule has 1 saturated heterocycles. The van der Waals surface area contributed by atoms with Crippen LogP contribution in [0.3, 0.4) is 0 Å². The third kappa shape index (κ3) is 3.33. The molecule has 1 fully saturated rings. The van der Waals surface area contributed by atoms with Gasteiger partial charge < -0.3 is 13.6 Å². The smallest absolute Gasteiger partial charge is 0.397 e. The molecule has 3 nitrogen and oxygen atoms in total. The van der Waals surface area contributed by atoms with E-state index in [0.717, 1.165) is 0 Å². The highest BCUT2D eigenvalue weighted by atomic mass is 35.5. The molecule has 1 aromatic rings. The third-order valence-electron chi connectivity index (χ3n) is 2.10. The zero-order chi connectivity index (χ0) is 11.6. The van der Waals surface area contributed by atoms with Gasteiger partial charge in [0.15, 0.2) is 0 Å². The molecule has 0 radical (unpaired) electrons. The second-order valence-electron chi connectivity index (χ2n) is 4.48. The summed E-state index contributed by atoms with van der Waals surface area (Å²) in [4.78, 5) is 0. The van der Waals surface area contributed by atoms with Gasteiger partial charge in [0, 0.05) is 10.4 Å². The van der Waals surface area contributed by atoms with E-state index in [-0.39, 0.29) is 5.41 Å². The number of hydrogen-bond acceptors (Lipinski definition) is 3. The van der Waals surface area contributed by atoms with Crippen LogP contribution in [-0.4, -0.2) is 13.2 Å². The van der Waals surface area contributed by atoms with Crippen LogP contribution in [-0.2, 0) is 9.05 Å². The third-order valence-corrected chi connectivity index (χ3v) is 3.37. The van der Waals surface area contributed by atoms with Crippen molar-refractivity contribution in [2.75, 3.05) is 13.2 Å². The molecule has 16 heavy (non-hydrogen) atoms. The maximum atomic E-state index is 5.85. The molecule has 0 bridgehead atoms. The first-order chi connectivity index (χ1) is 7.55. The lowest BCUT2D eigenvalue weighted by atomic mass is 9.97. The van der Waals surface area contributed by atoms with Crippen LogP contribution in [0.1, 0.15) is 13.8 Å². The van der Waals surface area contributed by atoms with Crippen molar-refractivity contribution in [3.8, 4) is 5.75 Å². The van der Waals surface area contributed by atoms with Crippen molar-refractivity contribution in [3.63, 3.8) is 0 Å². The highest BCUT2D eigenvalue weighted by Gasteiger charge is 2.31. The van der Waals surface area contributed by atoms with E-state index in [4.69, 9.17) is 25.2 Å². The van der Waals surface area contributed by atoms with Gasteiger partial charge in [0.25, 0.3) is 0 Å². The fourth-order valence-electron chi connectivity index (χ4n) is 1.20. The van der Waals surface area contributed by atoms with Gasteiger partial charge in [-0.2, -0.15) is 0 Å². The Balaban J connectivity index is 1.92. The van der Waals surface area contributed by atoms with Crippen LogP contribution >= 0.6 is 20.2 Å². The number of hydrogen-bond donors (Lipinski definition) is 0. The minimum absolute atomic E-state index is 0.0660. The van der Waals surface area contributed by atoms with E-state index in [1.165, 1.54) is 0 Å². The average Bonchev–Trinajstić information content (AvgIpc) is 2.21. The maximum Gasteiger partial charge on any atom is 0.397 e. The maximum absolute atomic E-state index is 5.85. The van der Waals surface area contributed by atoms with Gasteiger partial charge in [-0.1, -0.05) is 31.5 Å². The highest BCUT2D eigenvalue weighted by Crippen LogP contribution is 2.47. The minimum atomic E-state index is -1.28. The van der Waals surface area contributed by atoms with Crippen LogP contribution in [0, 0.1) is 5.41 Å². The molecule has 88 valence electrons. The van der Waals surface area contributed by atoms with Gasteiger partial charge in [0.2, 0.25) is 0 Å². The van der Waals surface area contributed by atoms with Gasteiger partial charge >= 0.3 is 8.60 Å². The topological polar surface area (TPSA) is 27.7 Å². The first-order valence-corrected chi connectivity index (χ1v) is 6.52. The molecule has 0 saturated carbocycles. The number of halogens is 1. The van der Waals surface area contributed by atoms with Crippen molar-refractivity contribution in [1.29, 1.82) is 0 Å². The Hall–Kier alpha value is -0.340. The van der Waals surface area contributed by atoms with Gasteiger partial charge in [-0.15, -0.1) is 0 Å². The van der Waals surface area contributed by atoms with E-state index in [0.29, 0.717) is 24.0 Å². The van der Waals surface area contributed by atoms with Crippen LogP contribution in [0.25, 0.3) is 0 Å². The van der Waals surface area contributed by atoms with Crippen LogP contribution in [0.15, 0.2) is 24.3 Å². The summed E-state index contributed by atoms with van der Waals surface area (Å²) < 4.78 is 16.6. The predicted molar refractivity (Wildman–Crippen MR) is 64.7 cm³/mol. The lowest BCUT2D eigenvalue weighted by molar-refractivity contribution is 0.0426. The molecule has 0 aromatic heterocycles. The summed E-state index contributed by atoms with van der Waals surface area (Å²) in [6.45, 7) is 5.50. The zero-order valence-electron chi connectivity index (χ0n) is 9.27. The molecular weight excluding hydrogens is 247 g/mol. The quantitative estimate of drug-likeness (QED) is 0.752. The summed E-state index contributed by atoms with van der Waals surface area (Å²) >= 11 is 5.85. The Morgan fingerprint density at radius 3 is 2.62 bits per heavy atom. The predicted octanol–water partition coefficient (Wildman–Crippen LogP) is 4.02. The van der Waals surface area contributed by atoms with Crippen molar-refractivity contribution in [3.05, 3.63) is 29.3 Å². The summed E-state index contributed by atoms with van der Waals surface area (Å²) in [5.74, 6) is 0.679. The zero-order valence-corrected chi connectivity index (χ0v) is 10.9.